The fourth-order valence-electron chi connectivity index (χ4n) is 3.03. The minimum absolute atomic E-state index is 0.00683. The Hall–Kier alpha value is -3.90. The van der Waals surface area contributed by atoms with Gasteiger partial charge in [0.1, 0.15) is 18.5 Å². The van der Waals surface area contributed by atoms with Crippen LogP contribution in [0.1, 0.15) is 37.0 Å². The van der Waals surface area contributed by atoms with Crippen molar-refractivity contribution in [2.24, 2.45) is 10.8 Å². The van der Waals surface area contributed by atoms with Crippen molar-refractivity contribution in [3.63, 3.8) is 0 Å². The molecule has 12 heteroatoms. The number of hydrazine groups is 1. The first kappa shape index (κ1) is 24.7. The Morgan fingerprint density at radius 1 is 1.18 bits per heavy atom. The highest BCUT2D eigenvalue weighted by Crippen LogP contribution is 2.06. The van der Waals surface area contributed by atoms with E-state index in [2.05, 4.69) is 19.9 Å². The number of imidazole rings is 1. The average molecular weight is 470 g/mol. The normalized spacial score (nSPS) is 12.6. The minimum Gasteiger partial charge on any atom is -0.464 e. The van der Waals surface area contributed by atoms with Gasteiger partial charge in [-0.3, -0.25) is 15.2 Å². The molecule has 1 amide bonds. The number of carbonyl (C=O) groups is 3. The van der Waals surface area contributed by atoms with E-state index in [1.165, 1.54) is 6.33 Å². The molecule has 3 aromatic rings. The number of hydrogen-bond acceptors (Lipinski definition) is 9. The highest BCUT2D eigenvalue weighted by Gasteiger charge is 2.34. The summed E-state index contributed by atoms with van der Waals surface area (Å²) in [4.78, 5) is 53.5. The molecule has 12 nitrogen and oxygen atoms in total. The number of aromatic amines is 1. The van der Waals surface area contributed by atoms with Crippen LogP contribution in [0, 0.1) is 0 Å². The third-order valence-electron chi connectivity index (χ3n) is 4.90. The predicted octanol–water partition coefficient (Wildman–Crippen LogP) is 1.54. The second kappa shape index (κ2) is 11.8. The van der Waals surface area contributed by atoms with E-state index < -0.39 is 24.0 Å². The number of unbranched alkanes of at least 4 members (excludes halogenated alkanes) is 1. The lowest BCUT2D eigenvalue weighted by atomic mass is 10.2. The number of ether oxygens (including phenoxy) is 2. The van der Waals surface area contributed by atoms with Crippen molar-refractivity contribution in [2.75, 3.05) is 13.2 Å². The number of likely N-dealkylation sites (N-methyl/N-ethyl adjacent to an activating group) is 1. The van der Waals surface area contributed by atoms with Crippen LogP contribution < -0.4 is 11.3 Å². The monoisotopic (exact) mass is 469 g/mol. The van der Waals surface area contributed by atoms with Gasteiger partial charge in [0.25, 0.3) is 5.91 Å². The van der Waals surface area contributed by atoms with Crippen LogP contribution >= 0.6 is 0 Å². The summed E-state index contributed by atoms with van der Waals surface area (Å²) in [5.74, 6) is 4.36. The molecule has 34 heavy (non-hydrogen) atoms. The molecule has 3 N–H and O–H groups in total. The first-order valence-corrected chi connectivity index (χ1v) is 10.8. The number of aromatic nitrogens is 4. The molecule has 0 spiro atoms. The zero-order chi connectivity index (χ0) is 24.5. The maximum atomic E-state index is 13.4. The summed E-state index contributed by atoms with van der Waals surface area (Å²) in [7, 11) is 0. The molecule has 1 atom stereocenters. The summed E-state index contributed by atoms with van der Waals surface area (Å²) in [5, 5.41) is 1.05. The second-order valence-corrected chi connectivity index (χ2v) is 7.28. The molecule has 0 saturated carbocycles. The molecule has 0 aliphatic rings. The first-order chi connectivity index (χ1) is 16.5. The Kier molecular flexibility index (Phi) is 8.60. The van der Waals surface area contributed by atoms with Crippen molar-refractivity contribution in [3.05, 3.63) is 54.0 Å². The van der Waals surface area contributed by atoms with Gasteiger partial charge >= 0.3 is 12.1 Å². The number of fused-ring (bicyclic) bond motifs is 1. The van der Waals surface area contributed by atoms with E-state index in [1.807, 2.05) is 25.1 Å². The average Bonchev–Trinajstić information content (AvgIpc) is 3.33. The third kappa shape index (κ3) is 5.91. The fraction of sp³-hybridized carbons (Fsp3) is 0.364. The Balaban J connectivity index is 1.96. The number of carbonyl (C=O) groups excluding carboxylic acids is 3. The van der Waals surface area contributed by atoms with Crippen molar-refractivity contribution < 1.29 is 23.9 Å². The van der Waals surface area contributed by atoms with Crippen LogP contribution in [-0.2, 0) is 20.9 Å². The Bertz CT molecular complexity index is 1210. The molecule has 0 radical (unpaired) electrons. The van der Waals surface area contributed by atoms with E-state index in [9.17, 15) is 14.4 Å². The summed E-state index contributed by atoms with van der Waals surface area (Å²) in [5.41, 5.74) is 1.08. The van der Waals surface area contributed by atoms with Crippen LogP contribution in [0.15, 0.2) is 48.0 Å². The second-order valence-electron chi connectivity index (χ2n) is 7.28. The van der Waals surface area contributed by atoms with E-state index in [4.69, 9.17) is 15.3 Å². The molecule has 3 rings (SSSR count). The molecular formula is C22H27N7O5. The largest absolute Gasteiger partial charge is 0.464 e. The molecule has 0 fully saturated rings. The van der Waals surface area contributed by atoms with Crippen molar-refractivity contribution in [3.8, 4) is 0 Å². The zero-order valence-corrected chi connectivity index (χ0v) is 19.0. The standard InChI is InChI=1S/C22H27N7O5/c1-3-5-11-33-21(31)17(29(23)4-2)20(30)28-14-26-18-16(24-13-25-18)19(28)27-22(32)34-12-15-9-7-6-8-10-15/h6-10,13-14,17H,3-5,11-12,23H2,1-2H3,(H,24,25). The molecule has 0 aliphatic carbocycles. The number of H-pyrrole nitrogens is 1. The van der Waals surface area contributed by atoms with Crippen LogP contribution in [-0.4, -0.2) is 61.7 Å². The third-order valence-corrected chi connectivity index (χ3v) is 4.90. The Labute approximate surface area is 195 Å². The summed E-state index contributed by atoms with van der Waals surface area (Å²) in [6.45, 7) is 3.97. The van der Waals surface area contributed by atoms with E-state index >= 15 is 0 Å². The van der Waals surface area contributed by atoms with Gasteiger partial charge in [-0.25, -0.2) is 24.6 Å². The van der Waals surface area contributed by atoms with Gasteiger partial charge < -0.3 is 14.5 Å². The van der Waals surface area contributed by atoms with E-state index in [0.29, 0.717) is 6.42 Å². The van der Waals surface area contributed by atoms with Gasteiger partial charge in [0, 0.05) is 6.54 Å². The zero-order valence-electron chi connectivity index (χ0n) is 19.0. The number of rotatable bonds is 9. The number of nitrogens with two attached hydrogens (primary N) is 1. The van der Waals surface area contributed by atoms with Gasteiger partial charge in [-0.15, -0.1) is 0 Å². The minimum atomic E-state index is -1.47. The van der Waals surface area contributed by atoms with Crippen molar-refractivity contribution in [1.82, 2.24) is 24.5 Å². The van der Waals surface area contributed by atoms with Gasteiger partial charge in [0.15, 0.2) is 11.1 Å². The van der Waals surface area contributed by atoms with Crippen molar-refractivity contribution in [1.29, 1.82) is 0 Å². The van der Waals surface area contributed by atoms with Crippen LogP contribution in [0.4, 0.5) is 4.79 Å². The van der Waals surface area contributed by atoms with Gasteiger partial charge in [-0.05, 0) is 12.0 Å². The van der Waals surface area contributed by atoms with Gasteiger partial charge in [-0.1, -0.05) is 50.6 Å². The van der Waals surface area contributed by atoms with Crippen molar-refractivity contribution >= 4 is 29.1 Å². The summed E-state index contributed by atoms with van der Waals surface area (Å²) < 4.78 is 11.4. The maximum absolute atomic E-state index is 13.4. The highest BCUT2D eigenvalue weighted by molar-refractivity contribution is 6.03. The first-order valence-electron chi connectivity index (χ1n) is 10.8. The number of benzene rings is 1. The lowest BCUT2D eigenvalue weighted by molar-refractivity contribution is -0.148. The summed E-state index contributed by atoms with van der Waals surface area (Å²) >= 11 is 0. The summed E-state index contributed by atoms with van der Waals surface area (Å²) in [6.07, 6.45) is 3.00. The fourth-order valence-corrected chi connectivity index (χ4v) is 3.03. The van der Waals surface area contributed by atoms with Gasteiger partial charge in [0.2, 0.25) is 6.04 Å². The number of hydrogen-bond donors (Lipinski definition) is 2. The molecule has 2 heterocycles. The van der Waals surface area contributed by atoms with Gasteiger partial charge in [-0.2, -0.15) is 4.99 Å². The molecule has 1 unspecified atom stereocenters. The Morgan fingerprint density at radius 2 is 1.94 bits per heavy atom. The van der Waals surface area contributed by atoms with Crippen molar-refractivity contribution in [2.45, 2.75) is 39.3 Å². The molecule has 0 saturated heterocycles. The summed E-state index contributed by atoms with van der Waals surface area (Å²) in [6, 6.07) is 7.60. The highest BCUT2D eigenvalue weighted by atomic mass is 16.5. The van der Waals surface area contributed by atoms with Crippen LogP contribution in [0.5, 0.6) is 0 Å². The number of esters is 1. The van der Waals surface area contributed by atoms with Crippen LogP contribution in [0.25, 0.3) is 11.2 Å². The van der Waals surface area contributed by atoms with Crippen LogP contribution in [0.2, 0.25) is 0 Å². The molecule has 180 valence electrons. The Morgan fingerprint density at radius 3 is 2.65 bits per heavy atom. The van der Waals surface area contributed by atoms with Crippen LogP contribution in [0.3, 0.4) is 0 Å². The van der Waals surface area contributed by atoms with Gasteiger partial charge in [0.05, 0.1) is 12.9 Å². The molecule has 0 aliphatic heterocycles. The van der Waals surface area contributed by atoms with E-state index in [0.717, 1.165) is 27.9 Å². The predicted molar refractivity (Wildman–Crippen MR) is 121 cm³/mol. The lowest BCUT2D eigenvalue weighted by Crippen LogP contribution is -2.54. The molecule has 2 aromatic heterocycles. The number of nitrogens with zero attached hydrogens (tertiary/aromatic N) is 5. The molecular weight excluding hydrogens is 442 g/mol. The quantitative estimate of drug-likeness (QED) is 0.156. The van der Waals surface area contributed by atoms with E-state index in [-0.39, 0.29) is 36.4 Å². The van der Waals surface area contributed by atoms with E-state index in [1.54, 1.807) is 19.1 Å². The topological polar surface area (TPSA) is 158 Å². The molecule has 0 bridgehead atoms. The molecule has 1 aromatic carbocycles. The SMILES string of the molecule is CCCCOC(=O)C(C(=O)n1cnc2nc[nH]c2c1=NC(=O)OCc1ccccc1)N(N)CC. The number of amides is 1. The number of nitrogens with one attached hydrogen (secondary N) is 1. The maximum Gasteiger partial charge on any atom is 0.436 e. The lowest BCUT2D eigenvalue weighted by Gasteiger charge is -2.24. The smallest absolute Gasteiger partial charge is 0.436 e.